The summed E-state index contributed by atoms with van der Waals surface area (Å²) >= 11 is 5.84. The number of benzene rings is 1. The summed E-state index contributed by atoms with van der Waals surface area (Å²) in [6.45, 7) is 2.00. The second-order valence-electron chi connectivity index (χ2n) is 3.17. The molecule has 1 aliphatic rings. The molecule has 0 aromatic heterocycles. The van der Waals surface area contributed by atoms with Crippen LogP contribution >= 0.6 is 11.6 Å². The highest BCUT2D eigenvalue weighted by molar-refractivity contribution is 6.31. The van der Waals surface area contributed by atoms with Crippen LogP contribution in [0.5, 0.6) is 0 Å². The number of aryl methyl sites for hydroxylation is 1. The summed E-state index contributed by atoms with van der Waals surface area (Å²) in [5.74, 6) is 0.232. The molecule has 0 bridgehead atoms. The van der Waals surface area contributed by atoms with Crippen molar-refractivity contribution in [1.82, 2.24) is 0 Å². The van der Waals surface area contributed by atoms with Crippen LogP contribution in [0.15, 0.2) is 12.1 Å². The van der Waals surface area contributed by atoms with Crippen molar-refractivity contribution in [1.29, 1.82) is 0 Å². The van der Waals surface area contributed by atoms with Crippen molar-refractivity contribution in [2.75, 3.05) is 0 Å². The molecule has 1 aromatic carbocycles. The predicted octanol–water partition coefficient (Wildman–Crippen LogP) is 2.78. The van der Waals surface area contributed by atoms with Crippen molar-refractivity contribution in [3.63, 3.8) is 0 Å². The van der Waals surface area contributed by atoms with Crippen molar-refractivity contribution in [3.05, 3.63) is 33.8 Å². The van der Waals surface area contributed by atoms with E-state index in [1.807, 2.05) is 13.0 Å². The SMILES string of the molecule is Cc1cc(Cl)cc2c1CCC2=O. The summed E-state index contributed by atoms with van der Waals surface area (Å²) < 4.78 is 0. The van der Waals surface area contributed by atoms with Crippen LogP contribution in [0.25, 0.3) is 0 Å². The average Bonchev–Trinajstić information content (AvgIpc) is 2.33. The van der Waals surface area contributed by atoms with E-state index in [0.29, 0.717) is 11.4 Å². The van der Waals surface area contributed by atoms with Crippen LogP contribution in [0.3, 0.4) is 0 Å². The first-order chi connectivity index (χ1) is 5.68. The maximum Gasteiger partial charge on any atom is 0.163 e. The molecule has 1 aromatic rings. The van der Waals surface area contributed by atoms with Crippen LogP contribution in [-0.2, 0) is 6.42 Å². The number of ketones is 1. The van der Waals surface area contributed by atoms with Gasteiger partial charge in [-0.25, -0.2) is 0 Å². The van der Waals surface area contributed by atoms with Crippen LogP contribution in [0.4, 0.5) is 0 Å². The molecule has 0 heterocycles. The molecule has 0 atom stereocenters. The Balaban J connectivity index is 2.68. The van der Waals surface area contributed by atoms with Crippen LogP contribution in [0.1, 0.15) is 27.9 Å². The molecular weight excluding hydrogens is 172 g/mol. The second-order valence-corrected chi connectivity index (χ2v) is 3.61. The van der Waals surface area contributed by atoms with E-state index in [9.17, 15) is 4.79 Å². The van der Waals surface area contributed by atoms with Gasteiger partial charge in [-0.05, 0) is 36.6 Å². The van der Waals surface area contributed by atoms with E-state index in [1.165, 1.54) is 5.56 Å². The van der Waals surface area contributed by atoms with E-state index >= 15 is 0 Å². The molecule has 1 aliphatic carbocycles. The first-order valence-electron chi connectivity index (χ1n) is 4.00. The minimum absolute atomic E-state index is 0.232. The third-order valence-corrected chi connectivity index (χ3v) is 2.56. The lowest BCUT2D eigenvalue weighted by atomic mass is 10.0. The van der Waals surface area contributed by atoms with Gasteiger partial charge in [-0.3, -0.25) is 4.79 Å². The number of hydrogen-bond donors (Lipinski definition) is 0. The molecule has 2 rings (SSSR count). The van der Waals surface area contributed by atoms with Gasteiger partial charge in [0.15, 0.2) is 5.78 Å². The second kappa shape index (κ2) is 2.60. The summed E-state index contributed by atoms with van der Waals surface area (Å²) in [7, 11) is 0. The van der Waals surface area contributed by atoms with Gasteiger partial charge >= 0.3 is 0 Å². The maximum atomic E-state index is 11.3. The fraction of sp³-hybridized carbons (Fsp3) is 0.300. The normalized spacial score (nSPS) is 15.0. The Hall–Kier alpha value is -0.820. The van der Waals surface area contributed by atoms with Gasteiger partial charge in [0.1, 0.15) is 0 Å². The third-order valence-electron chi connectivity index (χ3n) is 2.34. The lowest BCUT2D eigenvalue weighted by molar-refractivity contribution is 0.0994. The lowest BCUT2D eigenvalue weighted by Gasteiger charge is -2.02. The number of carbonyl (C=O) groups is 1. The van der Waals surface area contributed by atoms with E-state index in [2.05, 4.69) is 0 Å². The molecule has 0 unspecified atom stereocenters. The summed E-state index contributed by atoms with van der Waals surface area (Å²) in [5, 5.41) is 0.668. The van der Waals surface area contributed by atoms with E-state index in [0.717, 1.165) is 17.5 Å². The molecule has 0 amide bonds. The van der Waals surface area contributed by atoms with Crippen molar-refractivity contribution in [3.8, 4) is 0 Å². The van der Waals surface area contributed by atoms with E-state index < -0.39 is 0 Å². The van der Waals surface area contributed by atoms with Gasteiger partial charge < -0.3 is 0 Å². The molecule has 0 fully saturated rings. The van der Waals surface area contributed by atoms with Crippen LogP contribution < -0.4 is 0 Å². The topological polar surface area (TPSA) is 17.1 Å². The number of carbonyl (C=O) groups excluding carboxylic acids is 1. The standard InChI is InChI=1S/C10H9ClO/c1-6-4-7(11)5-9-8(6)2-3-10(9)12/h4-5H,2-3H2,1H3. The molecule has 1 nitrogen and oxygen atoms in total. The Labute approximate surface area is 76.4 Å². The molecule has 0 aliphatic heterocycles. The highest BCUT2D eigenvalue weighted by Gasteiger charge is 2.21. The minimum Gasteiger partial charge on any atom is -0.294 e. The monoisotopic (exact) mass is 180 g/mol. The van der Waals surface area contributed by atoms with Crippen LogP contribution in [-0.4, -0.2) is 5.78 Å². The number of hydrogen-bond acceptors (Lipinski definition) is 1. The number of rotatable bonds is 0. The predicted molar refractivity (Wildman–Crippen MR) is 48.8 cm³/mol. The summed E-state index contributed by atoms with van der Waals surface area (Å²) in [6.07, 6.45) is 1.54. The zero-order chi connectivity index (χ0) is 8.72. The summed E-state index contributed by atoms with van der Waals surface area (Å²) in [6, 6.07) is 3.69. The first-order valence-corrected chi connectivity index (χ1v) is 4.38. The number of fused-ring (bicyclic) bond motifs is 1. The summed E-state index contributed by atoms with van der Waals surface area (Å²) in [5.41, 5.74) is 3.16. The number of halogens is 1. The molecule has 0 N–H and O–H groups in total. The van der Waals surface area contributed by atoms with Crippen LogP contribution in [0, 0.1) is 6.92 Å². The van der Waals surface area contributed by atoms with E-state index in [4.69, 9.17) is 11.6 Å². The van der Waals surface area contributed by atoms with Crippen LogP contribution in [0.2, 0.25) is 5.02 Å². The van der Waals surface area contributed by atoms with Crippen molar-refractivity contribution in [2.45, 2.75) is 19.8 Å². The fourth-order valence-electron chi connectivity index (χ4n) is 1.73. The van der Waals surface area contributed by atoms with Gasteiger partial charge in [0.2, 0.25) is 0 Å². The summed E-state index contributed by atoms with van der Waals surface area (Å²) in [4.78, 5) is 11.3. The van der Waals surface area contributed by atoms with Crippen molar-refractivity contribution in [2.24, 2.45) is 0 Å². The van der Waals surface area contributed by atoms with E-state index in [1.54, 1.807) is 6.07 Å². The molecule has 12 heavy (non-hydrogen) atoms. The van der Waals surface area contributed by atoms with Gasteiger partial charge in [0, 0.05) is 17.0 Å². The first kappa shape index (κ1) is 7.81. The molecule has 0 saturated carbocycles. The Morgan fingerprint density at radius 3 is 2.83 bits per heavy atom. The fourth-order valence-corrected chi connectivity index (χ4v) is 2.00. The molecular formula is C10H9ClO. The molecule has 0 radical (unpaired) electrons. The molecule has 62 valence electrons. The third kappa shape index (κ3) is 1.05. The number of Topliss-reactive ketones (excluding diaryl/α,β-unsaturated/α-hetero) is 1. The van der Waals surface area contributed by atoms with E-state index in [-0.39, 0.29) is 5.78 Å². The molecule has 0 saturated heterocycles. The Morgan fingerprint density at radius 2 is 2.08 bits per heavy atom. The molecule has 0 spiro atoms. The highest BCUT2D eigenvalue weighted by Crippen LogP contribution is 2.28. The Morgan fingerprint density at radius 1 is 1.33 bits per heavy atom. The van der Waals surface area contributed by atoms with Gasteiger partial charge in [0.05, 0.1) is 0 Å². The lowest BCUT2D eigenvalue weighted by Crippen LogP contribution is -1.92. The van der Waals surface area contributed by atoms with Crippen molar-refractivity contribution >= 4 is 17.4 Å². The zero-order valence-electron chi connectivity index (χ0n) is 6.86. The minimum atomic E-state index is 0.232. The van der Waals surface area contributed by atoms with Gasteiger partial charge in [-0.2, -0.15) is 0 Å². The Kier molecular flexibility index (Phi) is 1.69. The highest BCUT2D eigenvalue weighted by atomic mass is 35.5. The maximum absolute atomic E-state index is 11.3. The Bertz CT molecular complexity index is 355. The smallest absolute Gasteiger partial charge is 0.163 e. The zero-order valence-corrected chi connectivity index (χ0v) is 7.61. The van der Waals surface area contributed by atoms with Gasteiger partial charge in [-0.1, -0.05) is 11.6 Å². The molecule has 2 heteroatoms. The van der Waals surface area contributed by atoms with Crippen molar-refractivity contribution < 1.29 is 4.79 Å². The quantitative estimate of drug-likeness (QED) is 0.600. The largest absolute Gasteiger partial charge is 0.294 e. The van der Waals surface area contributed by atoms with Gasteiger partial charge in [0.25, 0.3) is 0 Å². The van der Waals surface area contributed by atoms with Gasteiger partial charge in [-0.15, -0.1) is 0 Å². The average molecular weight is 181 g/mol.